The Balaban J connectivity index is 2.21. The molecular weight excluding hydrogens is 250 g/mol. The van der Waals surface area contributed by atoms with Gasteiger partial charge in [0, 0.05) is 18.3 Å². The van der Waals surface area contributed by atoms with E-state index in [1.807, 2.05) is 36.5 Å². The average Bonchev–Trinajstić information content (AvgIpc) is 2.87. The molecular formula is C16H17N3O. The molecule has 0 aliphatic rings. The average molecular weight is 267 g/mol. The van der Waals surface area contributed by atoms with Crippen molar-refractivity contribution < 1.29 is 4.74 Å². The highest BCUT2D eigenvalue weighted by Crippen LogP contribution is 2.27. The maximum atomic E-state index is 5.92. The van der Waals surface area contributed by atoms with Gasteiger partial charge in [-0.2, -0.15) is 0 Å². The van der Waals surface area contributed by atoms with Gasteiger partial charge in [-0.25, -0.2) is 4.98 Å². The first-order valence-electron chi connectivity index (χ1n) is 6.55. The highest BCUT2D eigenvalue weighted by atomic mass is 16.5. The van der Waals surface area contributed by atoms with Gasteiger partial charge in [-0.05, 0) is 42.8 Å². The highest BCUT2D eigenvalue weighted by Gasteiger charge is 2.13. The van der Waals surface area contributed by atoms with Crippen molar-refractivity contribution in [3.8, 4) is 17.0 Å². The van der Waals surface area contributed by atoms with Gasteiger partial charge in [0.15, 0.2) is 0 Å². The first-order chi connectivity index (χ1) is 9.74. The number of hydrogen-bond donors (Lipinski definition) is 1. The van der Waals surface area contributed by atoms with Gasteiger partial charge in [-0.3, -0.25) is 0 Å². The number of fused-ring (bicyclic) bond motifs is 1. The maximum Gasteiger partial charge on any atom is 0.140 e. The molecule has 0 unspecified atom stereocenters. The Morgan fingerprint density at radius 1 is 1.20 bits per heavy atom. The fraction of sp³-hybridized carbons (Fsp3) is 0.188. The Morgan fingerprint density at radius 2 is 1.95 bits per heavy atom. The lowest BCUT2D eigenvalue weighted by atomic mass is 10.1. The highest BCUT2D eigenvalue weighted by molar-refractivity contribution is 5.68. The van der Waals surface area contributed by atoms with Gasteiger partial charge in [0.2, 0.25) is 0 Å². The lowest BCUT2D eigenvalue weighted by Gasteiger charge is -2.04. The molecule has 0 radical (unpaired) electrons. The molecule has 0 aliphatic heterocycles. The lowest BCUT2D eigenvalue weighted by molar-refractivity contribution is 0.415. The summed E-state index contributed by atoms with van der Waals surface area (Å²) in [5.41, 5.74) is 11.0. The van der Waals surface area contributed by atoms with Crippen molar-refractivity contribution in [3.63, 3.8) is 0 Å². The molecule has 0 saturated heterocycles. The van der Waals surface area contributed by atoms with E-state index < -0.39 is 0 Å². The minimum absolute atomic E-state index is 0.450. The number of benzene rings is 1. The summed E-state index contributed by atoms with van der Waals surface area (Å²) in [6.07, 6.45) is 2.00. The number of nitrogens with zero attached hydrogens (tertiary/aromatic N) is 2. The molecule has 0 atom stereocenters. The van der Waals surface area contributed by atoms with Crippen molar-refractivity contribution in [2.45, 2.75) is 13.5 Å². The number of ether oxygens (including phenoxy) is 1. The first-order valence-corrected chi connectivity index (χ1v) is 6.55. The van der Waals surface area contributed by atoms with Gasteiger partial charge in [-0.15, -0.1) is 0 Å². The van der Waals surface area contributed by atoms with Crippen LogP contribution in [-0.2, 0) is 6.54 Å². The summed E-state index contributed by atoms with van der Waals surface area (Å²) < 4.78 is 7.25. The molecule has 0 aliphatic carbocycles. The number of aryl methyl sites for hydroxylation is 1. The Morgan fingerprint density at radius 3 is 2.60 bits per heavy atom. The van der Waals surface area contributed by atoms with E-state index in [4.69, 9.17) is 15.5 Å². The largest absolute Gasteiger partial charge is 0.497 e. The van der Waals surface area contributed by atoms with Gasteiger partial charge < -0.3 is 14.9 Å². The fourth-order valence-electron chi connectivity index (χ4n) is 2.43. The van der Waals surface area contributed by atoms with E-state index in [9.17, 15) is 0 Å². The normalized spacial score (nSPS) is 10.9. The predicted octanol–water partition coefficient (Wildman–Crippen LogP) is 2.78. The van der Waals surface area contributed by atoms with Gasteiger partial charge in [0.05, 0.1) is 18.5 Å². The second-order valence-electron chi connectivity index (χ2n) is 4.72. The number of pyridine rings is 1. The van der Waals surface area contributed by atoms with E-state index in [1.54, 1.807) is 7.11 Å². The molecule has 2 heterocycles. The van der Waals surface area contributed by atoms with Crippen molar-refractivity contribution in [1.82, 2.24) is 9.38 Å². The molecule has 20 heavy (non-hydrogen) atoms. The quantitative estimate of drug-likeness (QED) is 0.794. The zero-order valence-electron chi connectivity index (χ0n) is 11.6. The number of nitrogens with two attached hydrogens (primary N) is 1. The molecule has 4 heteroatoms. The summed E-state index contributed by atoms with van der Waals surface area (Å²) >= 11 is 0. The van der Waals surface area contributed by atoms with Crippen molar-refractivity contribution in [1.29, 1.82) is 0 Å². The van der Waals surface area contributed by atoms with Crippen LogP contribution >= 0.6 is 0 Å². The van der Waals surface area contributed by atoms with Crippen molar-refractivity contribution in [2.24, 2.45) is 5.73 Å². The zero-order valence-corrected chi connectivity index (χ0v) is 11.6. The van der Waals surface area contributed by atoms with Crippen LogP contribution in [0.2, 0.25) is 0 Å². The molecule has 0 spiro atoms. The van der Waals surface area contributed by atoms with Gasteiger partial charge in [0.1, 0.15) is 11.4 Å². The maximum absolute atomic E-state index is 5.92. The Labute approximate surface area is 117 Å². The fourth-order valence-corrected chi connectivity index (χ4v) is 2.43. The Kier molecular flexibility index (Phi) is 3.16. The number of rotatable bonds is 3. The summed E-state index contributed by atoms with van der Waals surface area (Å²) in [6.45, 7) is 2.51. The smallest absolute Gasteiger partial charge is 0.140 e. The summed E-state index contributed by atoms with van der Waals surface area (Å²) in [5.74, 6) is 0.836. The third-order valence-corrected chi connectivity index (χ3v) is 3.50. The molecule has 0 fully saturated rings. The van der Waals surface area contributed by atoms with Crippen LogP contribution in [0.15, 0.2) is 42.6 Å². The van der Waals surface area contributed by atoms with E-state index in [0.717, 1.165) is 33.9 Å². The second kappa shape index (κ2) is 4.98. The topological polar surface area (TPSA) is 52.5 Å². The van der Waals surface area contributed by atoms with Crippen molar-refractivity contribution in [2.75, 3.05) is 7.11 Å². The minimum atomic E-state index is 0.450. The molecule has 1 aromatic carbocycles. The Hall–Kier alpha value is -2.33. The van der Waals surface area contributed by atoms with Gasteiger partial charge in [-0.1, -0.05) is 6.07 Å². The predicted molar refractivity (Wildman–Crippen MR) is 79.8 cm³/mol. The summed E-state index contributed by atoms with van der Waals surface area (Å²) in [4.78, 5) is 4.75. The van der Waals surface area contributed by atoms with Gasteiger partial charge in [0.25, 0.3) is 0 Å². The summed E-state index contributed by atoms with van der Waals surface area (Å²) in [6, 6.07) is 12.0. The van der Waals surface area contributed by atoms with Crippen molar-refractivity contribution >= 4 is 5.65 Å². The van der Waals surface area contributed by atoms with E-state index >= 15 is 0 Å². The third-order valence-electron chi connectivity index (χ3n) is 3.50. The van der Waals surface area contributed by atoms with Crippen LogP contribution in [0.5, 0.6) is 5.75 Å². The number of aromatic nitrogens is 2. The van der Waals surface area contributed by atoms with Crippen LogP contribution in [0.4, 0.5) is 0 Å². The summed E-state index contributed by atoms with van der Waals surface area (Å²) in [5, 5.41) is 0. The second-order valence-corrected chi connectivity index (χ2v) is 4.72. The molecule has 0 bridgehead atoms. The molecule has 2 N–H and O–H groups in total. The van der Waals surface area contributed by atoms with E-state index in [0.29, 0.717) is 6.54 Å². The molecule has 0 saturated carbocycles. The first kappa shape index (κ1) is 12.7. The van der Waals surface area contributed by atoms with Crippen LogP contribution < -0.4 is 10.5 Å². The van der Waals surface area contributed by atoms with Gasteiger partial charge >= 0.3 is 0 Å². The SMILES string of the molecule is COc1ccc(-c2nc3c(C)cccn3c2CN)cc1. The van der Waals surface area contributed by atoms with Crippen LogP contribution in [-0.4, -0.2) is 16.5 Å². The summed E-state index contributed by atoms with van der Waals surface area (Å²) in [7, 11) is 1.66. The molecule has 4 nitrogen and oxygen atoms in total. The number of hydrogen-bond acceptors (Lipinski definition) is 3. The molecule has 3 aromatic rings. The molecule has 0 amide bonds. The van der Waals surface area contributed by atoms with Crippen LogP contribution in [0.1, 0.15) is 11.3 Å². The van der Waals surface area contributed by atoms with Crippen LogP contribution in [0.3, 0.4) is 0 Å². The molecule has 2 aromatic heterocycles. The minimum Gasteiger partial charge on any atom is -0.497 e. The van der Waals surface area contributed by atoms with Crippen LogP contribution in [0, 0.1) is 6.92 Å². The van der Waals surface area contributed by atoms with E-state index in [2.05, 4.69) is 17.4 Å². The monoisotopic (exact) mass is 267 g/mol. The molecule has 3 rings (SSSR count). The number of methoxy groups -OCH3 is 1. The molecule has 102 valence electrons. The third kappa shape index (κ3) is 1.94. The van der Waals surface area contributed by atoms with E-state index in [-0.39, 0.29) is 0 Å². The lowest BCUT2D eigenvalue weighted by Crippen LogP contribution is -2.02. The Bertz CT molecular complexity index is 744. The van der Waals surface area contributed by atoms with E-state index in [1.165, 1.54) is 0 Å². The van der Waals surface area contributed by atoms with Crippen LogP contribution in [0.25, 0.3) is 16.9 Å². The standard InChI is InChI=1S/C16H17N3O/c1-11-4-3-9-19-14(10-17)15(18-16(11)19)12-5-7-13(20-2)8-6-12/h3-9H,10,17H2,1-2H3. The number of imidazole rings is 1. The zero-order chi connectivity index (χ0) is 14.1. The van der Waals surface area contributed by atoms with Crippen molar-refractivity contribution in [3.05, 3.63) is 53.9 Å².